The van der Waals surface area contributed by atoms with Gasteiger partial charge in [0.05, 0.1) is 6.20 Å². The molecule has 1 amide bonds. The van der Waals surface area contributed by atoms with Crippen molar-refractivity contribution in [2.45, 2.75) is 13.0 Å². The Kier molecular flexibility index (Phi) is 3.18. The highest BCUT2D eigenvalue weighted by molar-refractivity contribution is 5.93. The van der Waals surface area contributed by atoms with Crippen molar-refractivity contribution in [1.82, 2.24) is 15.5 Å². The zero-order chi connectivity index (χ0) is 12.3. The van der Waals surface area contributed by atoms with Crippen molar-refractivity contribution >= 4 is 22.5 Å². The SMILES string of the molecule is CNC(=O)C(C)Nc1nncc2ccccc12. The van der Waals surface area contributed by atoms with E-state index in [1.807, 2.05) is 24.3 Å². The van der Waals surface area contributed by atoms with Crippen LogP contribution in [0.15, 0.2) is 30.5 Å². The van der Waals surface area contributed by atoms with E-state index in [0.717, 1.165) is 10.8 Å². The Hall–Kier alpha value is -2.17. The molecule has 0 saturated carbocycles. The van der Waals surface area contributed by atoms with Crippen LogP contribution in [0.2, 0.25) is 0 Å². The Morgan fingerprint density at radius 2 is 2.12 bits per heavy atom. The third-order valence-electron chi connectivity index (χ3n) is 2.56. The highest BCUT2D eigenvalue weighted by Gasteiger charge is 2.12. The van der Waals surface area contributed by atoms with Gasteiger partial charge in [-0.3, -0.25) is 4.79 Å². The molecule has 1 aromatic carbocycles. The molecule has 2 rings (SSSR count). The van der Waals surface area contributed by atoms with Crippen molar-refractivity contribution in [2.75, 3.05) is 12.4 Å². The lowest BCUT2D eigenvalue weighted by atomic mass is 10.2. The Balaban J connectivity index is 2.33. The fourth-order valence-electron chi connectivity index (χ4n) is 1.62. The minimum Gasteiger partial charge on any atom is -0.357 e. The molecule has 88 valence electrons. The van der Waals surface area contributed by atoms with Crippen LogP contribution in [-0.4, -0.2) is 29.2 Å². The van der Waals surface area contributed by atoms with Crippen LogP contribution in [0, 0.1) is 0 Å². The lowest BCUT2D eigenvalue weighted by molar-refractivity contribution is -0.121. The minimum absolute atomic E-state index is 0.0836. The monoisotopic (exact) mass is 230 g/mol. The zero-order valence-corrected chi connectivity index (χ0v) is 9.77. The van der Waals surface area contributed by atoms with Gasteiger partial charge in [0.15, 0.2) is 5.82 Å². The van der Waals surface area contributed by atoms with Crippen molar-refractivity contribution < 1.29 is 4.79 Å². The summed E-state index contributed by atoms with van der Waals surface area (Å²) in [6.07, 6.45) is 1.70. The summed E-state index contributed by atoms with van der Waals surface area (Å²) < 4.78 is 0. The van der Waals surface area contributed by atoms with Gasteiger partial charge in [-0.15, -0.1) is 5.10 Å². The summed E-state index contributed by atoms with van der Waals surface area (Å²) >= 11 is 0. The maximum Gasteiger partial charge on any atom is 0.241 e. The number of nitrogens with zero attached hydrogens (tertiary/aromatic N) is 2. The first-order valence-electron chi connectivity index (χ1n) is 5.41. The number of amides is 1. The fourth-order valence-corrected chi connectivity index (χ4v) is 1.62. The molecule has 2 N–H and O–H groups in total. The van der Waals surface area contributed by atoms with Gasteiger partial charge in [-0.2, -0.15) is 5.10 Å². The normalized spacial score (nSPS) is 12.1. The molecule has 0 spiro atoms. The highest BCUT2D eigenvalue weighted by atomic mass is 16.2. The molecule has 1 aromatic heterocycles. The van der Waals surface area contributed by atoms with E-state index in [1.54, 1.807) is 20.2 Å². The quantitative estimate of drug-likeness (QED) is 0.830. The van der Waals surface area contributed by atoms with Crippen LogP contribution in [0.5, 0.6) is 0 Å². The number of carbonyl (C=O) groups is 1. The van der Waals surface area contributed by atoms with E-state index in [1.165, 1.54) is 0 Å². The lowest BCUT2D eigenvalue weighted by Gasteiger charge is -2.13. The molecule has 0 aliphatic carbocycles. The number of likely N-dealkylation sites (N-methyl/N-ethyl adjacent to an activating group) is 1. The first-order chi connectivity index (χ1) is 8.22. The van der Waals surface area contributed by atoms with Crippen LogP contribution in [0.4, 0.5) is 5.82 Å². The van der Waals surface area contributed by atoms with Crippen molar-refractivity contribution in [3.63, 3.8) is 0 Å². The van der Waals surface area contributed by atoms with Gasteiger partial charge in [0.1, 0.15) is 6.04 Å². The first-order valence-corrected chi connectivity index (χ1v) is 5.41. The van der Waals surface area contributed by atoms with Gasteiger partial charge in [-0.05, 0) is 6.92 Å². The summed E-state index contributed by atoms with van der Waals surface area (Å²) in [5, 5.41) is 15.5. The van der Waals surface area contributed by atoms with E-state index >= 15 is 0 Å². The number of anilines is 1. The summed E-state index contributed by atoms with van der Waals surface area (Å²) in [5.74, 6) is 0.541. The number of hydrogen-bond donors (Lipinski definition) is 2. The van der Waals surface area contributed by atoms with Crippen LogP contribution >= 0.6 is 0 Å². The molecule has 0 fully saturated rings. The number of nitrogens with one attached hydrogen (secondary N) is 2. The summed E-state index contributed by atoms with van der Waals surface area (Å²) in [7, 11) is 1.61. The smallest absolute Gasteiger partial charge is 0.241 e. The van der Waals surface area contributed by atoms with Gasteiger partial charge in [0.25, 0.3) is 0 Å². The number of hydrogen-bond acceptors (Lipinski definition) is 4. The summed E-state index contributed by atoms with van der Waals surface area (Å²) in [4.78, 5) is 11.4. The topological polar surface area (TPSA) is 66.9 Å². The van der Waals surface area contributed by atoms with E-state index in [2.05, 4.69) is 20.8 Å². The van der Waals surface area contributed by atoms with Crippen LogP contribution in [0.1, 0.15) is 6.92 Å². The maximum atomic E-state index is 11.4. The number of fused-ring (bicyclic) bond motifs is 1. The van der Waals surface area contributed by atoms with Gasteiger partial charge in [-0.1, -0.05) is 24.3 Å². The highest BCUT2D eigenvalue weighted by Crippen LogP contribution is 2.19. The molecular formula is C12H14N4O. The summed E-state index contributed by atoms with van der Waals surface area (Å²) in [6, 6.07) is 7.43. The molecule has 17 heavy (non-hydrogen) atoms. The molecule has 1 atom stereocenters. The van der Waals surface area contributed by atoms with Crippen LogP contribution in [-0.2, 0) is 4.79 Å². The summed E-state index contributed by atoms with van der Waals surface area (Å²) in [6.45, 7) is 1.78. The molecule has 0 saturated heterocycles. The first kappa shape index (κ1) is 11.3. The van der Waals surface area contributed by atoms with E-state index in [-0.39, 0.29) is 11.9 Å². The summed E-state index contributed by atoms with van der Waals surface area (Å²) in [5.41, 5.74) is 0. The fraction of sp³-hybridized carbons (Fsp3) is 0.250. The molecule has 1 unspecified atom stereocenters. The van der Waals surface area contributed by atoms with Crippen molar-refractivity contribution in [2.24, 2.45) is 0 Å². The second-order valence-electron chi connectivity index (χ2n) is 3.76. The Morgan fingerprint density at radius 1 is 1.35 bits per heavy atom. The number of rotatable bonds is 3. The van der Waals surface area contributed by atoms with E-state index in [9.17, 15) is 4.79 Å². The van der Waals surface area contributed by atoms with E-state index in [4.69, 9.17) is 0 Å². The third-order valence-corrected chi connectivity index (χ3v) is 2.56. The average Bonchev–Trinajstić information content (AvgIpc) is 2.38. The molecule has 0 aliphatic rings. The Bertz CT molecular complexity index is 536. The van der Waals surface area contributed by atoms with Gasteiger partial charge in [-0.25, -0.2) is 0 Å². The van der Waals surface area contributed by atoms with Crippen LogP contribution in [0.25, 0.3) is 10.8 Å². The average molecular weight is 230 g/mol. The van der Waals surface area contributed by atoms with Crippen molar-refractivity contribution in [3.8, 4) is 0 Å². The third kappa shape index (κ3) is 2.33. The molecule has 0 bridgehead atoms. The predicted octanol–water partition coefficient (Wildman–Crippen LogP) is 1.18. The second-order valence-corrected chi connectivity index (χ2v) is 3.76. The predicted molar refractivity (Wildman–Crippen MR) is 66.7 cm³/mol. The van der Waals surface area contributed by atoms with Crippen molar-refractivity contribution in [1.29, 1.82) is 0 Å². The minimum atomic E-state index is -0.347. The van der Waals surface area contributed by atoms with Gasteiger partial charge in [0.2, 0.25) is 5.91 Å². The Labute approximate surface area is 99.2 Å². The largest absolute Gasteiger partial charge is 0.357 e. The van der Waals surface area contributed by atoms with Gasteiger partial charge < -0.3 is 10.6 Å². The van der Waals surface area contributed by atoms with Crippen LogP contribution in [0.3, 0.4) is 0 Å². The molecular weight excluding hydrogens is 216 g/mol. The molecule has 2 aromatic rings. The zero-order valence-electron chi connectivity index (χ0n) is 9.77. The van der Waals surface area contributed by atoms with Crippen LogP contribution < -0.4 is 10.6 Å². The number of carbonyl (C=O) groups excluding carboxylic acids is 1. The second kappa shape index (κ2) is 4.78. The molecule has 1 heterocycles. The molecule has 0 radical (unpaired) electrons. The molecule has 5 heteroatoms. The molecule has 0 aliphatic heterocycles. The Morgan fingerprint density at radius 3 is 2.88 bits per heavy atom. The van der Waals surface area contributed by atoms with E-state index in [0.29, 0.717) is 5.82 Å². The maximum absolute atomic E-state index is 11.4. The number of aromatic nitrogens is 2. The standard InChI is InChI=1S/C12H14N4O/c1-8(12(17)13-2)15-11-10-6-4-3-5-9(10)7-14-16-11/h3-8H,1-2H3,(H,13,17)(H,15,16). The molecule has 5 nitrogen and oxygen atoms in total. The van der Waals surface area contributed by atoms with Gasteiger partial charge >= 0.3 is 0 Å². The van der Waals surface area contributed by atoms with Gasteiger partial charge in [0, 0.05) is 17.8 Å². The van der Waals surface area contributed by atoms with E-state index < -0.39 is 0 Å². The number of benzene rings is 1. The van der Waals surface area contributed by atoms with Crippen molar-refractivity contribution in [3.05, 3.63) is 30.5 Å². The lowest BCUT2D eigenvalue weighted by Crippen LogP contribution is -2.35.